The Balaban J connectivity index is 1.92. The summed E-state index contributed by atoms with van der Waals surface area (Å²) in [6, 6.07) is 6.32. The van der Waals surface area contributed by atoms with Crippen molar-refractivity contribution in [3.8, 4) is 16.9 Å². The van der Waals surface area contributed by atoms with E-state index in [0.29, 0.717) is 5.92 Å². The highest BCUT2D eigenvalue weighted by Crippen LogP contribution is 2.60. The van der Waals surface area contributed by atoms with Gasteiger partial charge in [0.2, 0.25) is 5.88 Å². The second-order valence-corrected chi connectivity index (χ2v) is 5.96. The number of aromatic nitrogens is 1. The molecule has 2 N–H and O–H groups in total. The third kappa shape index (κ3) is 2.57. The molecule has 1 heterocycles. The van der Waals surface area contributed by atoms with E-state index in [4.69, 9.17) is 10.3 Å². The monoisotopic (exact) mass is 294 g/mol. The van der Waals surface area contributed by atoms with Crippen LogP contribution in [0.25, 0.3) is 11.1 Å². The summed E-state index contributed by atoms with van der Waals surface area (Å²) in [5.41, 5.74) is 8.42. The number of anilines is 1. The predicted molar refractivity (Wildman–Crippen MR) is 74.1 cm³/mol. The Labute approximate surface area is 120 Å². The minimum atomic E-state index is -2.83. The zero-order chi connectivity index (χ0) is 15.2. The lowest BCUT2D eigenvalue weighted by Gasteiger charge is -2.07. The maximum Gasteiger partial charge on any atom is 0.387 e. The van der Waals surface area contributed by atoms with Gasteiger partial charge >= 0.3 is 6.61 Å². The first kappa shape index (κ1) is 13.9. The van der Waals surface area contributed by atoms with Gasteiger partial charge < -0.3 is 15.0 Å². The fourth-order valence-corrected chi connectivity index (χ4v) is 2.58. The summed E-state index contributed by atoms with van der Waals surface area (Å²) in [5.74, 6) is 0.665. The van der Waals surface area contributed by atoms with Crippen LogP contribution in [0.15, 0.2) is 28.8 Å². The van der Waals surface area contributed by atoms with E-state index in [-0.39, 0.29) is 17.0 Å². The molecule has 21 heavy (non-hydrogen) atoms. The van der Waals surface area contributed by atoms with Crippen molar-refractivity contribution in [2.75, 3.05) is 5.73 Å². The Morgan fingerprint density at radius 3 is 2.48 bits per heavy atom. The summed E-state index contributed by atoms with van der Waals surface area (Å²) in [4.78, 5) is 0. The van der Waals surface area contributed by atoms with Gasteiger partial charge in [-0.25, -0.2) is 0 Å². The number of alkyl halides is 2. The zero-order valence-electron chi connectivity index (χ0n) is 11.8. The smallest absolute Gasteiger partial charge is 0.387 e. The van der Waals surface area contributed by atoms with Crippen LogP contribution in [0.3, 0.4) is 0 Å². The summed E-state index contributed by atoms with van der Waals surface area (Å²) in [6.07, 6.45) is 1.03. The summed E-state index contributed by atoms with van der Waals surface area (Å²) < 4.78 is 33.8. The molecule has 1 aliphatic rings. The molecular weight excluding hydrogens is 278 g/mol. The SMILES string of the molecule is CC1(C)CC1c1noc(N)c1-c1ccc(OC(F)F)cc1. The van der Waals surface area contributed by atoms with Crippen molar-refractivity contribution in [2.45, 2.75) is 32.8 Å². The van der Waals surface area contributed by atoms with Crippen molar-refractivity contribution < 1.29 is 18.0 Å². The van der Waals surface area contributed by atoms with E-state index >= 15 is 0 Å². The summed E-state index contributed by atoms with van der Waals surface area (Å²) >= 11 is 0. The van der Waals surface area contributed by atoms with Gasteiger partial charge in [0.15, 0.2) is 0 Å². The van der Waals surface area contributed by atoms with E-state index in [2.05, 4.69) is 23.7 Å². The first-order valence-electron chi connectivity index (χ1n) is 6.69. The fraction of sp³-hybridized carbons (Fsp3) is 0.400. The molecule has 2 aromatic rings. The van der Waals surface area contributed by atoms with Crippen LogP contribution >= 0.6 is 0 Å². The summed E-state index contributed by atoms with van der Waals surface area (Å²) in [7, 11) is 0. The minimum Gasteiger partial charge on any atom is -0.435 e. The number of ether oxygens (including phenoxy) is 1. The van der Waals surface area contributed by atoms with E-state index in [1.165, 1.54) is 12.1 Å². The summed E-state index contributed by atoms with van der Waals surface area (Å²) in [6.45, 7) is 1.48. The second-order valence-electron chi connectivity index (χ2n) is 5.96. The molecule has 0 radical (unpaired) electrons. The fourth-order valence-electron chi connectivity index (χ4n) is 2.58. The molecule has 0 saturated heterocycles. The van der Waals surface area contributed by atoms with Gasteiger partial charge in [-0.15, -0.1) is 0 Å². The van der Waals surface area contributed by atoms with Gasteiger partial charge in [-0.3, -0.25) is 0 Å². The van der Waals surface area contributed by atoms with Gasteiger partial charge in [0.05, 0.1) is 11.3 Å². The van der Waals surface area contributed by atoms with Crippen LogP contribution in [0.4, 0.5) is 14.7 Å². The normalized spacial score (nSPS) is 19.8. The molecule has 3 rings (SSSR count). The highest BCUT2D eigenvalue weighted by Gasteiger charge is 2.49. The van der Waals surface area contributed by atoms with Crippen LogP contribution in [-0.2, 0) is 0 Å². The molecule has 1 aliphatic carbocycles. The van der Waals surface area contributed by atoms with E-state index in [1.54, 1.807) is 12.1 Å². The van der Waals surface area contributed by atoms with Gasteiger partial charge in [0.1, 0.15) is 5.75 Å². The molecule has 4 nitrogen and oxygen atoms in total. The van der Waals surface area contributed by atoms with Crippen molar-refractivity contribution >= 4 is 5.88 Å². The third-order valence-electron chi connectivity index (χ3n) is 3.96. The number of nitrogens with two attached hydrogens (primary N) is 1. The highest BCUT2D eigenvalue weighted by atomic mass is 19.3. The topological polar surface area (TPSA) is 61.3 Å². The molecule has 1 unspecified atom stereocenters. The van der Waals surface area contributed by atoms with E-state index in [1.807, 2.05) is 0 Å². The largest absolute Gasteiger partial charge is 0.435 e. The average molecular weight is 294 g/mol. The maximum atomic E-state index is 12.2. The maximum absolute atomic E-state index is 12.2. The van der Waals surface area contributed by atoms with Crippen LogP contribution in [0.2, 0.25) is 0 Å². The lowest BCUT2D eigenvalue weighted by Crippen LogP contribution is -2.01. The molecule has 1 saturated carbocycles. The van der Waals surface area contributed by atoms with E-state index < -0.39 is 6.61 Å². The number of halogens is 2. The molecule has 6 heteroatoms. The third-order valence-corrected chi connectivity index (χ3v) is 3.96. The number of nitrogens with zero attached hydrogens (tertiary/aromatic N) is 1. The molecular formula is C15H16F2N2O2. The molecule has 1 fully saturated rings. The first-order valence-corrected chi connectivity index (χ1v) is 6.69. The quantitative estimate of drug-likeness (QED) is 0.924. The minimum absolute atomic E-state index is 0.108. The molecule has 0 spiro atoms. The molecule has 0 bridgehead atoms. The Hall–Kier alpha value is -2.11. The van der Waals surface area contributed by atoms with Crippen LogP contribution in [0.1, 0.15) is 31.9 Å². The van der Waals surface area contributed by atoms with Crippen molar-refractivity contribution in [3.63, 3.8) is 0 Å². The lowest BCUT2D eigenvalue weighted by molar-refractivity contribution is -0.0498. The lowest BCUT2D eigenvalue weighted by atomic mass is 9.99. The molecule has 1 atom stereocenters. The van der Waals surface area contributed by atoms with Crippen LogP contribution in [0, 0.1) is 5.41 Å². The van der Waals surface area contributed by atoms with Crippen LogP contribution in [-0.4, -0.2) is 11.8 Å². The molecule has 1 aromatic heterocycles. The number of hydrogen-bond acceptors (Lipinski definition) is 4. The van der Waals surface area contributed by atoms with Gasteiger partial charge in [-0.2, -0.15) is 8.78 Å². The highest BCUT2D eigenvalue weighted by molar-refractivity contribution is 5.76. The molecule has 112 valence electrons. The standard InChI is InChI=1S/C15H16F2N2O2/c1-15(2)7-10(15)12-11(13(18)21-19-12)8-3-5-9(6-4-8)20-14(16)17/h3-6,10,14H,7,18H2,1-2H3. The van der Waals surface area contributed by atoms with Crippen LogP contribution < -0.4 is 10.5 Å². The Morgan fingerprint density at radius 2 is 1.95 bits per heavy atom. The first-order chi connectivity index (χ1) is 9.88. The number of rotatable bonds is 4. The van der Waals surface area contributed by atoms with E-state index in [9.17, 15) is 8.78 Å². The van der Waals surface area contributed by atoms with E-state index in [0.717, 1.165) is 23.2 Å². The Morgan fingerprint density at radius 1 is 1.33 bits per heavy atom. The number of nitrogen functional groups attached to an aromatic ring is 1. The zero-order valence-corrected chi connectivity index (χ0v) is 11.8. The van der Waals surface area contributed by atoms with Crippen molar-refractivity contribution in [3.05, 3.63) is 30.0 Å². The predicted octanol–water partition coefficient (Wildman–Crippen LogP) is 4.04. The molecule has 1 aromatic carbocycles. The number of benzene rings is 1. The molecule has 0 amide bonds. The van der Waals surface area contributed by atoms with Gasteiger partial charge in [0, 0.05) is 5.92 Å². The molecule has 0 aliphatic heterocycles. The van der Waals surface area contributed by atoms with Gasteiger partial charge in [0.25, 0.3) is 0 Å². The van der Waals surface area contributed by atoms with Crippen molar-refractivity contribution in [2.24, 2.45) is 5.41 Å². The number of hydrogen-bond donors (Lipinski definition) is 1. The second kappa shape index (κ2) is 4.72. The summed E-state index contributed by atoms with van der Waals surface area (Å²) in [5, 5.41) is 4.07. The van der Waals surface area contributed by atoms with Gasteiger partial charge in [-0.05, 0) is 29.5 Å². The Kier molecular flexibility index (Phi) is 3.11. The van der Waals surface area contributed by atoms with Crippen molar-refractivity contribution in [1.29, 1.82) is 0 Å². The Bertz CT molecular complexity index is 650. The van der Waals surface area contributed by atoms with Gasteiger partial charge in [-0.1, -0.05) is 31.1 Å². The van der Waals surface area contributed by atoms with Crippen molar-refractivity contribution in [1.82, 2.24) is 5.16 Å². The average Bonchev–Trinajstić information content (AvgIpc) is 2.87. The van der Waals surface area contributed by atoms with Crippen LogP contribution in [0.5, 0.6) is 5.75 Å².